The largest absolute Gasteiger partial charge is 0.393 e. The number of nitrogens with zero attached hydrogens (tertiary/aromatic N) is 1. The molecule has 0 saturated heterocycles. The van der Waals surface area contributed by atoms with Gasteiger partial charge in [0, 0.05) is 13.1 Å². The highest BCUT2D eigenvalue weighted by Crippen LogP contribution is 2.06. The van der Waals surface area contributed by atoms with E-state index in [2.05, 4.69) is 17.1 Å². The van der Waals surface area contributed by atoms with Gasteiger partial charge in [0.05, 0.1) is 10.9 Å². The van der Waals surface area contributed by atoms with Gasteiger partial charge in [-0.05, 0) is 20.0 Å². The Morgan fingerprint density at radius 3 is 2.56 bits per heavy atom. The van der Waals surface area contributed by atoms with E-state index in [1.165, 1.54) is 0 Å². The molecule has 0 aliphatic rings. The number of likely N-dealkylation sites (N-methyl/N-ethyl adjacent to an activating group) is 1. The molecule has 1 atom stereocenters. The van der Waals surface area contributed by atoms with Gasteiger partial charge in [0.25, 0.3) is 0 Å². The Balaban J connectivity index is 3.97. The average molecular weight is 245 g/mol. The van der Waals surface area contributed by atoms with Crippen LogP contribution in [0, 0.1) is 5.92 Å². The van der Waals surface area contributed by atoms with Crippen molar-refractivity contribution < 1.29 is 4.79 Å². The van der Waals surface area contributed by atoms with Crippen molar-refractivity contribution in [2.75, 3.05) is 26.7 Å². The van der Waals surface area contributed by atoms with Crippen molar-refractivity contribution in [1.82, 2.24) is 10.2 Å². The molecule has 0 aliphatic carbocycles. The lowest BCUT2D eigenvalue weighted by atomic mass is 10.0. The zero-order valence-corrected chi connectivity index (χ0v) is 11.3. The summed E-state index contributed by atoms with van der Waals surface area (Å²) in [6, 6.07) is 0. The summed E-state index contributed by atoms with van der Waals surface area (Å²) in [5.74, 6) is -0.356. The first-order valence-electron chi connectivity index (χ1n) is 5.78. The molecule has 5 heteroatoms. The molecule has 0 saturated carbocycles. The molecule has 3 N–H and O–H groups in total. The minimum Gasteiger partial charge on any atom is -0.393 e. The summed E-state index contributed by atoms with van der Waals surface area (Å²) < 4.78 is 0. The molecule has 16 heavy (non-hydrogen) atoms. The summed E-state index contributed by atoms with van der Waals surface area (Å²) >= 11 is 4.89. The maximum Gasteiger partial charge on any atom is 0.229 e. The van der Waals surface area contributed by atoms with Gasteiger partial charge in [0.2, 0.25) is 5.91 Å². The van der Waals surface area contributed by atoms with Gasteiger partial charge in [-0.2, -0.15) is 0 Å². The number of nitrogens with two attached hydrogens (primary N) is 1. The van der Waals surface area contributed by atoms with E-state index in [-0.39, 0.29) is 11.8 Å². The normalized spacial score (nSPS) is 12.5. The fraction of sp³-hybridized carbons (Fsp3) is 0.818. The first-order valence-corrected chi connectivity index (χ1v) is 6.19. The summed E-state index contributed by atoms with van der Waals surface area (Å²) in [7, 11) is 2.02. The second kappa shape index (κ2) is 8.47. The fourth-order valence-corrected chi connectivity index (χ4v) is 1.57. The Hall–Kier alpha value is -0.680. The molecule has 0 aromatic heterocycles. The molecular formula is C11H23N3OS. The van der Waals surface area contributed by atoms with Crippen LogP contribution in [0.2, 0.25) is 0 Å². The lowest BCUT2D eigenvalue weighted by Crippen LogP contribution is -2.40. The maximum absolute atomic E-state index is 11.7. The zero-order chi connectivity index (χ0) is 12.6. The van der Waals surface area contributed by atoms with Crippen LogP contribution in [0.1, 0.15) is 26.7 Å². The number of carbonyl (C=O) groups excluding carboxylic acids is 1. The Morgan fingerprint density at radius 2 is 2.12 bits per heavy atom. The molecule has 0 rings (SSSR count). The molecule has 0 aliphatic heterocycles. The fourth-order valence-electron chi connectivity index (χ4n) is 1.34. The highest BCUT2D eigenvalue weighted by Gasteiger charge is 2.19. The van der Waals surface area contributed by atoms with E-state index in [9.17, 15) is 4.79 Å². The van der Waals surface area contributed by atoms with Crippen LogP contribution in [0.15, 0.2) is 0 Å². The van der Waals surface area contributed by atoms with Crippen LogP contribution in [-0.2, 0) is 4.79 Å². The van der Waals surface area contributed by atoms with E-state index in [1.807, 2.05) is 14.0 Å². The quantitative estimate of drug-likeness (QED) is 0.620. The van der Waals surface area contributed by atoms with Crippen LogP contribution >= 0.6 is 12.2 Å². The van der Waals surface area contributed by atoms with Gasteiger partial charge >= 0.3 is 0 Å². The van der Waals surface area contributed by atoms with Crippen LogP contribution in [0.3, 0.4) is 0 Å². The second-order valence-corrected chi connectivity index (χ2v) is 4.40. The molecule has 0 aromatic rings. The topological polar surface area (TPSA) is 58.4 Å². The molecule has 0 fully saturated rings. The predicted octanol–water partition coefficient (Wildman–Crippen LogP) is 0.757. The third kappa shape index (κ3) is 6.02. The molecule has 1 unspecified atom stereocenters. The van der Waals surface area contributed by atoms with Gasteiger partial charge < -0.3 is 16.0 Å². The van der Waals surface area contributed by atoms with E-state index in [0.29, 0.717) is 11.5 Å². The monoisotopic (exact) mass is 245 g/mol. The third-order valence-corrected chi connectivity index (χ3v) is 2.85. The third-order valence-electron chi connectivity index (χ3n) is 2.57. The van der Waals surface area contributed by atoms with Crippen LogP contribution in [0.25, 0.3) is 0 Å². The maximum atomic E-state index is 11.7. The molecule has 1 amide bonds. The van der Waals surface area contributed by atoms with E-state index in [1.54, 1.807) is 0 Å². The summed E-state index contributed by atoms with van der Waals surface area (Å²) in [5.41, 5.74) is 5.54. The number of thiocarbonyl (C=S) groups is 1. The summed E-state index contributed by atoms with van der Waals surface area (Å²) in [6.45, 7) is 6.56. The summed E-state index contributed by atoms with van der Waals surface area (Å²) in [4.78, 5) is 14.2. The standard InChI is InChI=1S/C11H23N3OS/c1-4-6-9(10(12)16)11(15)13-7-8-14(3)5-2/h9H,4-8H2,1-3H3,(H2,12,16)(H,13,15). The van der Waals surface area contributed by atoms with Gasteiger partial charge in [-0.3, -0.25) is 4.79 Å². The molecule has 0 radical (unpaired) electrons. The van der Waals surface area contributed by atoms with Crippen molar-refractivity contribution in [3.8, 4) is 0 Å². The molecule has 0 aromatic carbocycles. The molecular weight excluding hydrogens is 222 g/mol. The molecule has 0 bridgehead atoms. The Labute approximate surface area is 104 Å². The second-order valence-electron chi connectivity index (χ2n) is 3.93. The molecule has 4 nitrogen and oxygen atoms in total. The van der Waals surface area contributed by atoms with Gasteiger partial charge in [-0.25, -0.2) is 0 Å². The average Bonchev–Trinajstić information content (AvgIpc) is 2.24. The predicted molar refractivity (Wildman–Crippen MR) is 71.4 cm³/mol. The van der Waals surface area contributed by atoms with Crippen LogP contribution in [0.5, 0.6) is 0 Å². The van der Waals surface area contributed by atoms with Crippen molar-refractivity contribution >= 4 is 23.1 Å². The molecule has 94 valence electrons. The van der Waals surface area contributed by atoms with Gasteiger partial charge in [0.1, 0.15) is 0 Å². The van der Waals surface area contributed by atoms with E-state index in [4.69, 9.17) is 18.0 Å². The van der Waals surface area contributed by atoms with Gasteiger partial charge in [0.15, 0.2) is 0 Å². The van der Waals surface area contributed by atoms with Crippen molar-refractivity contribution in [3.05, 3.63) is 0 Å². The minimum absolute atomic E-state index is 0.0427. The van der Waals surface area contributed by atoms with Crippen LogP contribution in [-0.4, -0.2) is 42.5 Å². The number of nitrogens with one attached hydrogen (secondary N) is 1. The first kappa shape index (κ1) is 15.3. The highest BCUT2D eigenvalue weighted by molar-refractivity contribution is 7.80. The smallest absolute Gasteiger partial charge is 0.229 e. The summed E-state index contributed by atoms with van der Waals surface area (Å²) in [6.07, 6.45) is 1.63. The first-order chi connectivity index (χ1) is 7.52. The van der Waals surface area contributed by atoms with Gasteiger partial charge in [-0.15, -0.1) is 0 Å². The Morgan fingerprint density at radius 1 is 1.50 bits per heavy atom. The van der Waals surface area contributed by atoms with E-state index >= 15 is 0 Å². The Bertz CT molecular complexity index is 233. The minimum atomic E-state index is -0.313. The van der Waals surface area contributed by atoms with Crippen molar-refractivity contribution in [2.24, 2.45) is 11.7 Å². The van der Waals surface area contributed by atoms with Crippen LogP contribution in [0.4, 0.5) is 0 Å². The number of amides is 1. The van der Waals surface area contributed by atoms with Crippen molar-refractivity contribution in [2.45, 2.75) is 26.7 Å². The van der Waals surface area contributed by atoms with Crippen molar-refractivity contribution in [3.63, 3.8) is 0 Å². The number of carbonyl (C=O) groups is 1. The molecule has 0 spiro atoms. The summed E-state index contributed by atoms with van der Waals surface area (Å²) in [5, 5.41) is 2.87. The lowest BCUT2D eigenvalue weighted by Gasteiger charge is -2.17. The SMILES string of the molecule is CCCC(C(=O)NCCN(C)CC)C(N)=S. The van der Waals surface area contributed by atoms with Gasteiger partial charge in [-0.1, -0.05) is 32.5 Å². The zero-order valence-electron chi connectivity index (χ0n) is 10.5. The lowest BCUT2D eigenvalue weighted by molar-refractivity contribution is -0.123. The molecule has 0 heterocycles. The Kier molecular flexibility index (Phi) is 8.11. The number of rotatable bonds is 8. The number of hydrogen-bond acceptors (Lipinski definition) is 3. The van der Waals surface area contributed by atoms with Crippen LogP contribution < -0.4 is 11.1 Å². The van der Waals surface area contributed by atoms with Crippen molar-refractivity contribution in [1.29, 1.82) is 0 Å². The number of hydrogen-bond donors (Lipinski definition) is 2. The van der Waals surface area contributed by atoms with E-state index in [0.717, 1.165) is 25.9 Å². The highest BCUT2D eigenvalue weighted by atomic mass is 32.1. The van der Waals surface area contributed by atoms with E-state index < -0.39 is 0 Å².